The van der Waals surface area contributed by atoms with Gasteiger partial charge in [-0.1, -0.05) is 12.1 Å². The molecule has 1 fully saturated rings. The molecule has 0 aliphatic carbocycles. The Balaban J connectivity index is 0.00000162. The van der Waals surface area contributed by atoms with Crippen LogP contribution >= 0.6 is 24.2 Å². The van der Waals surface area contributed by atoms with E-state index in [1.165, 1.54) is 6.07 Å². The Bertz CT molecular complexity index is 399. The third-order valence-corrected chi connectivity index (χ3v) is 3.71. The summed E-state index contributed by atoms with van der Waals surface area (Å²) in [4.78, 5) is 11.7. The summed E-state index contributed by atoms with van der Waals surface area (Å²) >= 11 is 1.84. The second kappa shape index (κ2) is 7.61. The van der Waals surface area contributed by atoms with E-state index in [9.17, 15) is 9.18 Å². The Morgan fingerprint density at radius 2 is 2.28 bits per heavy atom. The second-order valence-electron chi connectivity index (χ2n) is 3.96. The van der Waals surface area contributed by atoms with Crippen molar-refractivity contribution in [1.29, 1.82) is 0 Å². The smallest absolute Gasteiger partial charge is 0.226 e. The molecule has 1 heterocycles. The molecule has 1 saturated heterocycles. The van der Waals surface area contributed by atoms with Gasteiger partial charge in [0.05, 0.1) is 5.69 Å². The second-order valence-corrected chi connectivity index (χ2v) is 5.11. The van der Waals surface area contributed by atoms with Crippen molar-refractivity contribution in [2.45, 2.75) is 12.5 Å². The summed E-state index contributed by atoms with van der Waals surface area (Å²) in [7, 11) is 0. The molecule has 1 amide bonds. The highest BCUT2D eigenvalue weighted by molar-refractivity contribution is 7.99. The number of hydrogen-bond donors (Lipinski definition) is 2. The zero-order chi connectivity index (χ0) is 12.1. The number of hydrogen-bond acceptors (Lipinski definition) is 3. The average Bonchev–Trinajstić information content (AvgIpc) is 2.33. The van der Waals surface area contributed by atoms with Crippen LogP contribution in [0.25, 0.3) is 0 Å². The number of carbonyl (C=O) groups is 1. The van der Waals surface area contributed by atoms with Crippen molar-refractivity contribution in [2.75, 3.05) is 23.4 Å². The number of halogens is 2. The molecule has 1 aromatic rings. The molecule has 1 unspecified atom stereocenters. The van der Waals surface area contributed by atoms with Crippen LogP contribution in [-0.4, -0.2) is 30.0 Å². The van der Waals surface area contributed by atoms with Crippen molar-refractivity contribution >= 4 is 35.8 Å². The van der Waals surface area contributed by atoms with E-state index in [4.69, 9.17) is 0 Å². The number of para-hydroxylation sites is 1. The molecule has 2 rings (SSSR count). The maximum atomic E-state index is 13.3. The van der Waals surface area contributed by atoms with Gasteiger partial charge in [-0.25, -0.2) is 4.39 Å². The molecule has 0 aromatic heterocycles. The first-order valence-corrected chi connectivity index (χ1v) is 6.76. The van der Waals surface area contributed by atoms with Gasteiger partial charge < -0.3 is 10.6 Å². The summed E-state index contributed by atoms with van der Waals surface area (Å²) in [5, 5.41) is 5.87. The summed E-state index contributed by atoms with van der Waals surface area (Å²) in [6.45, 7) is 0.933. The lowest BCUT2D eigenvalue weighted by Crippen LogP contribution is -2.39. The Labute approximate surface area is 116 Å². The maximum absolute atomic E-state index is 13.3. The molecule has 18 heavy (non-hydrogen) atoms. The van der Waals surface area contributed by atoms with Crippen molar-refractivity contribution in [3.63, 3.8) is 0 Å². The van der Waals surface area contributed by atoms with E-state index in [-0.39, 0.29) is 30.0 Å². The summed E-state index contributed by atoms with van der Waals surface area (Å²) in [5.74, 6) is 1.48. The van der Waals surface area contributed by atoms with E-state index in [0.29, 0.717) is 6.42 Å². The van der Waals surface area contributed by atoms with Crippen molar-refractivity contribution < 1.29 is 9.18 Å². The molecule has 1 aliphatic rings. The van der Waals surface area contributed by atoms with Crippen molar-refractivity contribution in [2.24, 2.45) is 0 Å². The minimum absolute atomic E-state index is 0. The highest BCUT2D eigenvalue weighted by Crippen LogP contribution is 2.14. The molecule has 100 valence electrons. The summed E-state index contributed by atoms with van der Waals surface area (Å²) < 4.78 is 13.3. The number of benzene rings is 1. The lowest BCUT2D eigenvalue weighted by atomic mass is 10.2. The highest BCUT2D eigenvalue weighted by Gasteiger charge is 2.17. The number of carbonyl (C=O) groups excluding carboxylic acids is 1. The molecule has 1 aliphatic heterocycles. The molecule has 0 saturated carbocycles. The SMILES string of the molecule is Cl.O=C(CC1CSCCN1)Nc1ccccc1F. The monoisotopic (exact) mass is 290 g/mol. The summed E-state index contributed by atoms with van der Waals surface area (Å²) in [5.41, 5.74) is 0.251. The van der Waals surface area contributed by atoms with E-state index < -0.39 is 5.82 Å². The number of thioether (sulfide) groups is 1. The minimum atomic E-state index is -0.396. The molecule has 1 aromatic carbocycles. The standard InChI is InChI=1S/C12H15FN2OS.ClH/c13-10-3-1-2-4-11(10)15-12(16)7-9-8-17-6-5-14-9;/h1-4,9,14H,5-8H2,(H,15,16);1H. The number of rotatable bonds is 3. The molecular weight excluding hydrogens is 275 g/mol. The third kappa shape index (κ3) is 4.48. The first-order valence-electron chi connectivity index (χ1n) is 5.61. The number of nitrogens with one attached hydrogen (secondary N) is 2. The Hall–Kier alpha value is -0.780. The Morgan fingerprint density at radius 1 is 1.50 bits per heavy atom. The molecule has 3 nitrogen and oxygen atoms in total. The first kappa shape index (κ1) is 15.3. The van der Waals surface area contributed by atoms with Crippen molar-refractivity contribution in [3.8, 4) is 0 Å². The topological polar surface area (TPSA) is 41.1 Å². The van der Waals surface area contributed by atoms with Gasteiger partial charge in [0.1, 0.15) is 5.82 Å². The fraction of sp³-hybridized carbons (Fsp3) is 0.417. The van der Waals surface area contributed by atoms with Gasteiger partial charge in [0.2, 0.25) is 5.91 Å². The van der Waals surface area contributed by atoms with Crippen LogP contribution in [0.2, 0.25) is 0 Å². The van der Waals surface area contributed by atoms with E-state index in [1.807, 2.05) is 11.8 Å². The molecule has 0 bridgehead atoms. The Morgan fingerprint density at radius 3 is 2.94 bits per heavy atom. The lowest BCUT2D eigenvalue weighted by Gasteiger charge is -2.22. The van der Waals surface area contributed by atoms with Gasteiger partial charge in [0, 0.05) is 30.5 Å². The van der Waals surface area contributed by atoms with Crippen LogP contribution in [0.4, 0.5) is 10.1 Å². The predicted molar refractivity (Wildman–Crippen MR) is 76.0 cm³/mol. The van der Waals surface area contributed by atoms with Gasteiger partial charge in [-0.3, -0.25) is 4.79 Å². The van der Waals surface area contributed by atoms with Crippen LogP contribution in [-0.2, 0) is 4.79 Å². The first-order chi connectivity index (χ1) is 8.25. The molecule has 2 N–H and O–H groups in total. The van der Waals surface area contributed by atoms with Gasteiger partial charge in [-0.05, 0) is 12.1 Å². The zero-order valence-electron chi connectivity index (χ0n) is 9.82. The molecule has 1 atom stereocenters. The molecule has 6 heteroatoms. The maximum Gasteiger partial charge on any atom is 0.226 e. The molecule has 0 spiro atoms. The van der Waals surface area contributed by atoms with Gasteiger partial charge >= 0.3 is 0 Å². The van der Waals surface area contributed by atoms with Gasteiger partial charge in [-0.15, -0.1) is 12.4 Å². The van der Waals surface area contributed by atoms with Gasteiger partial charge in [0.15, 0.2) is 0 Å². The largest absolute Gasteiger partial charge is 0.324 e. The third-order valence-electron chi connectivity index (χ3n) is 2.58. The van der Waals surface area contributed by atoms with Gasteiger partial charge in [0.25, 0.3) is 0 Å². The van der Waals surface area contributed by atoms with Crippen LogP contribution in [0, 0.1) is 5.82 Å². The molecular formula is C12H16ClFN2OS. The van der Waals surface area contributed by atoms with Crippen LogP contribution in [0.5, 0.6) is 0 Å². The van der Waals surface area contributed by atoms with Crippen LogP contribution in [0.3, 0.4) is 0 Å². The van der Waals surface area contributed by atoms with Crippen molar-refractivity contribution in [1.82, 2.24) is 5.32 Å². The summed E-state index contributed by atoms with van der Waals surface area (Å²) in [6, 6.07) is 6.40. The lowest BCUT2D eigenvalue weighted by molar-refractivity contribution is -0.116. The van der Waals surface area contributed by atoms with Crippen molar-refractivity contribution in [3.05, 3.63) is 30.1 Å². The van der Waals surface area contributed by atoms with Crippen LogP contribution < -0.4 is 10.6 Å². The van der Waals surface area contributed by atoms with Crippen LogP contribution in [0.15, 0.2) is 24.3 Å². The highest BCUT2D eigenvalue weighted by atomic mass is 35.5. The van der Waals surface area contributed by atoms with E-state index in [1.54, 1.807) is 18.2 Å². The number of amides is 1. The average molecular weight is 291 g/mol. The zero-order valence-corrected chi connectivity index (χ0v) is 11.5. The van der Waals surface area contributed by atoms with E-state index >= 15 is 0 Å². The summed E-state index contributed by atoms with van der Waals surface area (Å²) in [6.07, 6.45) is 0.390. The van der Waals surface area contributed by atoms with Gasteiger partial charge in [-0.2, -0.15) is 11.8 Å². The predicted octanol–water partition coefficient (Wildman–Crippen LogP) is 2.28. The quantitative estimate of drug-likeness (QED) is 0.897. The normalized spacial score (nSPS) is 18.8. The minimum Gasteiger partial charge on any atom is -0.324 e. The van der Waals surface area contributed by atoms with Crippen LogP contribution in [0.1, 0.15) is 6.42 Å². The van der Waals surface area contributed by atoms with E-state index in [0.717, 1.165) is 18.1 Å². The van der Waals surface area contributed by atoms with E-state index in [2.05, 4.69) is 10.6 Å². The number of anilines is 1. The molecule has 0 radical (unpaired) electrons. The fourth-order valence-corrected chi connectivity index (χ4v) is 2.69. The fourth-order valence-electron chi connectivity index (χ4n) is 1.74. The Kier molecular flexibility index (Phi) is 6.46.